The van der Waals surface area contributed by atoms with E-state index in [9.17, 15) is 19.2 Å². The summed E-state index contributed by atoms with van der Waals surface area (Å²) >= 11 is 0. The molecule has 2 rings (SSSR count). The number of hydrogen-bond acceptors (Lipinski definition) is 7. The fraction of sp³-hybridized carbons (Fsp3) is 0.471. The third-order valence-electron chi connectivity index (χ3n) is 3.86. The number of hydroxylamine groups is 2. The van der Waals surface area contributed by atoms with Gasteiger partial charge in [-0.2, -0.15) is 0 Å². The normalized spacial score (nSPS) is 15.2. The molecule has 0 bridgehead atoms. The van der Waals surface area contributed by atoms with Crippen molar-refractivity contribution >= 4 is 29.5 Å². The number of imide groups is 1. The largest absolute Gasteiger partial charge is 0.363 e. The topological polar surface area (TPSA) is 109 Å². The van der Waals surface area contributed by atoms with Crippen molar-refractivity contribution in [2.24, 2.45) is 5.92 Å². The fourth-order valence-electron chi connectivity index (χ4n) is 2.31. The predicted molar refractivity (Wildman–Crippen MR) is 91.8 cm³/mol. The number of rotatable bonds is 6. The lowest BCUT2D eigenvalue weighted by Gasteiger charge is -2.22. The lowest BCUT2D eigenvalue weighted by atomic mass is 10.0. The Morgan fingerprint density at radius 3 is 2.27 bits per heavy atom. The van der Waals surface area contributed by atoms with Crippen molar-refractivity contribution in [3.8, 4) is 0 Å². The highest BCUT2D eigenvalue weighted by atomic mass is 16.7. The molecule has 0 aliphatic carbocycles. The van der Waals surface area contributed by atoms with Crippen molar-refractivity contribution in [2.45, 2.75) is 32.7 Å². The molecule has 1 aliphatic heterocycles. The average molecular weight is 362 g/mol. The van der Waals surface area contributed by atoms with Gasteiger partial charge in [-0.15, -0.1) is 5.06 Å². The van der Waals surface area contributed by atoms with Crippen LogP contribution in [0, 0.1) is 5.92 Å². The van der Waals surface area contributed by atoms with Crippen molar-refractivity contribution in [1.29, 1.82) is 0 Å². The van der Waals surface area contributed by atoms with Gasteiger partial charge in [0.15, 0.2) is 0 Å². The van der Waals surface area contributed by atoms with Crippen LogP contribution in [-0.4, -0.2) is 53.9 Å². The summed E-state index contributed by atoms with van der Waals surface area (Å²) in [4.78, 5) is 58.7. The molecule has 0 saturated carbocycles. The number of hydrogen-bond donors (Lipinski definition) is 1. The second-order valence-electron chi connectivity index (χ2n) is 6.49. The van der Waals surface area contributed by atoms with Crippen molar-refractivity contribution in [3.05, 3.63) is 23.9 Å². The van der Waals surface area contributed by atoms with E-state index in [1.807, 2.05) is 14.1 Å². The van der Waals surface area contributed by atoms with Crippen LogP contribution in [0.2, 0.25) is 0 Å². The van der Waals surface area contributed by atoms with E-state index in [1.165, 1.54) is 6.20 Å². The minimum Gasteiger partial charge on any atom is -0.363 e. The minimum absolute atomic E-state index is 0.00864. The third-order valence-corrected chi connectivity index (χ3v) is 3.86. The zero-order valence-corrected chi connectivity index (χ0v) is 15.2. The van der Waals surface area contributed by atoms with E-state index in [4.69, 9.17) is 4.84 Å². The molecule has 1 fully saturated rings. The van der Waals surface area contributed by atoms with Crippen LogP contribution in [0.4, 0.5) is 5.82 Å². The molecular formula is C17H22N4O5. The van der Waals surface area contributed by atoms with E-state index in [2.05, 4.69) is 10.3 Å². The van der Waals surface area contributed by atoms with Gasteiger partial charge in [-0.1, -0.05) is 13.8 Å². The molecule has 0 aromatic carbocycles. The molecule has 26 heavy (non-hydrogen) atoms. The van der Waals surface area contributed by atoms with E-state index in [1.54, 1.807) is 30.9 Å². The molecule has 1 unspecified atom stereocenters. The highest BCUT2D eigenvalue weighted by Crippen LogP contribution is 2.15. The van der Waals surface area contributed by atoms with Crippen LogP contribution in [0.5, 0.6) is 0 Å². The standard InChI is InChI=1S/C17H22N4O5/c1-10(2)15(17(25)26-21-13(22)7-8-14(21)23)19-16(24)11-5-6-12(18-9-11)20(3)4/h5-6,9-10,15H,7-8H2,1-4H3,(H,19,24). The second kappa shape index (κ2) is 7.94. The summed E-state index contributed by atoms with van der Waals surface area (Å²) in [5.74, 6) is -2.13. The predicted octanol–water partition coefficient (Wildman–Crippen LogP) is 0.509. The molecule has 3 amide bonds. The number of nitrogens with zero attached hydrogens (tertiary/aromatic N) is 3. The summed E-state index contributed by atoms with van der Waals surface area (Å²) in [5.41, 5.74) is 0.280. The van der Waals surface area contributed by atoms with Gasteiger partial charge >= 0.3 is 5.97 Å². The lowest BCUT2D eigenvalue weighted by Crippen LogP contribution is -2.48. The summed E-state index contributed by atoms with van der Waals surface area (Å²) in [6, 6.07) is 2.25. The van der Waals surface area contributed by atoms with Gasteiger partial charge in [-0.3, -0.25) is 14.4 Å². The van der Waals surface area contributed by atoms with Crippen LogP contribution in [0.15, 0.2) is 18.3 Å². The van der Waals surface area contributed by atoms with E-state index in [0.29, 0.717) is 10.9 Å². The molecule has 1 aromatic heterocycles. The van der Waals surface area contributed by atoms with Gasteiger partial charge < -0.3 is 15.1 Å². The fourth-order valence-corrected chi connectivity index (χ4v) is 2.31. The molecule has 0 spiro atoms. The van der Waals surface area contributed by atoms with Crippen molar-refractivity contribution in [1.82, 2.24) is 15.4 Å². The summed E-state index contributed by atoms with van der Waals surface area (Å²) < 4.78 is 0. The Labute approximate surface area is 151 Å². The number of carbonyl (C=O) groups is 4. The highest BCUT2D eigenvalue weighted by Gasteiger charge is 2.36. The molecule has 1 aromatic rings. The molecule has 9 heteroatoms. The van der Waals surface area contributed by atoms with E-state index < -0.39 is 29.7 Å². The van der Waals surface area contributed by atoms with Crippen LogP contribution < -0.4 is 10.2 Å². The van der Waals surface area contributed by atoms with Gasteiger partial charge in [0.1, 0.15) is 11.9 Å². The van der Waals surface area contributed by atoms with Crippen LogP contribution in [0.1, 0.15) is 37.0 Å². The maximum atomic E-state index is 12.4. The Kier molecular flexibility index (Phi) is 5.91. The molecule has 1 N–H and O–H groups in total. The van der Waals surface area contributed by atoms with Gasteiger partial charge in [0.25, 0.3) is 17.7 Å². The first-order valence-corrected chi connectivity index (χ1v) is 8.22. The van der Waals surface area contributed by atoms with Crippen LogP contribution in [-0.2, 0) is 19.2 Å². The van der Waals surface area contributed by atoms with Gasteiger partial charge in [0.2, 0.25) is 0 Å². The van der Waals surface area contributed by atoms with Gasteiger partial charge in [-0.05, 0) is 18.1 Å². The molecule has 0 radical (unpaired) electrons. The van der Waals surface area contributed by atoms with Gasteiger partial charge in [0.05, 0.1) is 5.56 Å². The Morgan fingerprint density at radius 1 is 1.19 bits per heavy atom. The Balaban J connectivity index is 2.07. The SMILES string of the molecule is CC(C)C(NC(=O)c1ccc(N(C)C)nc1)C(=O)ON1C(=O)CCC1=O. The first-order valence-electron chi connectivity index (χ1n) is 8.22. The molecule has 2 heterocycles. The molecular weight excluding hydrogens is 340 g/mol. The van der Waals surface area contributed by atoms with Crippen LogP contribution in [0.25, 0.3) is 0 Å². The number of aromatic nitrogens is 1. The maximum Gasteiger partial charge on any atom is 0.355 e. The number of anilines is 1. The van der Waals surface area contributed by atoms with Gasteiger partial charge in [0, 0.05) is 33.1 Å². The summed E-state index contributed by atoms with van der Waals surface area (Å²) in [5, 5.41) is 3.04. The average Bonchev–Trinajstić information content (AvgIpc) is 2.91. The van der Waals surface area contributed by atoms with Crippen LogP contribution >= 0.6 is 0 Å². The van der Waals surface area contributed by atoms with Gasteiger partial charge in [-0.25, -0.2) is 9.78 Å². The number of pyridine rings is 1. The Morgan fingerprint density at radius 2 is 1.81 bits per heavy atom. The molecule has 1 aliphatic rings. The number of carbonyl (C=O) groups excluding carboxylic acids is 4. The lowest BCUT2D eigenvalue weighted by molar-refractivity contribution is -0.199. The van der Waals surface area contributed by atoms with Crippen molar-refractivity contribution in [3.63, 3.8) is 0 Å². The smallest absolute Gasteiger partial charge is 0.355 e. The van der Waals surface area contributed by atoms with E-state index in [-0.39, 0.29) is 24.3 Å². The third kappa shape index (κ3) is 4.35. The highest BCUT2D eigenvalue weighted by molar-refractivity contribution is 6.02. The Bertz CT molecular complexity index is 698. The van der Waals surface area contributed by atoms with Crippen molar-refractivity contribution < 1.29 is 24.0 Å². The molecule has 1 saturated heterocycles. The zero-order chi connectivity index (χ0) is 19.4. The van der Waals surface area contributed by atoms with E-state index in [0.717, 1.165) is 0 Å². The number of amides is 3. The molecule has 1 atom stereocenters. The summed E-state index contributed by atoms with van der Waals surface area (Å²) in [6.45, 7) is 3.43. The quantitative estimate of drug-likeness (QED) is 0.734. The second-order valence-corrected chi connectivity index (χ2v) is 6.49. The monoisotopic (exact) mass is 362 g/mol. The number of nitrogens with one attached hydrogen (secondary N) is 1. The van der Waals surface area contributed by atoms with Crippen molar-refractivity contribution in [2.75, 3.05) is 19.0 Å². The van der Waals surface area contributed by atoms with E-state index >= 15 is 0 Å². The summed E-state index contributed by atoms with van der Waals surface area (Å²) in [7, 11) is 3.65. The first-order chi connectivity index (χ1) is 12.2. The maximum absolute atomic E-state index is 12.4. The summed E-state index contributed by atoms with van der Waals surface area (Å²) in [6.07, 6.45) is 1.42. The van der Waals surface area contributed by atoms with Crippen LogP contribution in [0.3, 0.4) is 0 Å². The molecule has 9 nitrogen and oxygen atoms in total. The first kappa shape index (κ1) is 19.4. The Hall–Kier alpha value is -2.97. The minimum atomic E-state index is -1.02. The zero-order valence-electron chi connectivity index (χ0n) is 15.2. The molecule has 140 valence electrons.